The number of nitrogens with zero attached hydrogens (tertiary/aromatic N) is 2. The van der Waals surface area contributed by atoms with Crippen molar-refractivity contribution in [1.29, 1.82) is 0 Å². The van der Waals surface area contributed by atoms with E-state index in [1.54, 1.807) is 0 Å². The molecule has 0 saturated heterocycles. The monoisotopic (exact) mass is 234 g/mol. The number of carbonyl (C=O) groups is 1. The average Bonchev–Trinajstić information content (AvgIpc) is 2.28. The van der Waals surface area contributed by atoms with Crippen LogP contribution < -0.4 is 0 Å². The van der Waals surface area contributed by atoms with Crippen molar-refractivity contribution in [3.8, 4) is 0 Å². The van der Waals surface area contributed by atoms with E-state index in [0.29, 0.717) is 12.3 Å². The molecule has 0 saturated carbocycles. The third-order valence-electron chi connectivity index (χ3n) is 2.81. The molecule has 1 heterocycles. The first-order valence-corrected chi connectivity index (χ1v) is 6.41. The summed E-state index contributed by atoms with van der Waals surface area (Å²) in [5, 5.41) is 8.09. The van der Waals surface area contributed by atoms with Crippen LogP contribution in [0.25, 0.3) is 0 Å². The van der Waals surface area contributed by atoms with E-state index < -0.39 is 0 Å². The summed E-state index contributed by atoms with van der Waals surface area (Å²) in [6, 6.07) is 1.86. The van der Waals surface area contributed by atoms with Crippen molar-refractivity contribution in [1.82, 2.24) is 10.2 Å². The summed E-state index contributed by atoms with van der Waals surface area (Å²) in [6.07, 6.45) is 3.45. The highest BCUT2D eigenvalue weighted by Gasteiger charge is 2.12. The fourth-order valence-electron chi connectivity index (χ4n) is 1.82. The zero-order chi connectivity index (χ0) is 12.8. The number of carbonyl (C=O) groups excluding carboxylic acids is 1. The Labute approximate surface area is 104 Å². The molecule has 3 nitrogen and oxygen atoms in total. The molecule has 0 aliphatic heterocycles. The molecule has 1 rings (SSSR count). The van der Waals surface area contributed by atoms with Gasteiger partial charge in [-0.2, -0.15) is 10.2 Å². The van der Waals surface area contributed by atoms with Gasteiger partial charge in [0.2, 0.25) is 0 Å². The summed E-state index contributed by atoms with van der Waals surface area (Å²) >= 11 is 0. The van der Waals surface area contributed by atoms with E-state index in [9.17, 15) is 4.79 Å². The Morgan fingerprint density at radius 1 is 1.35 bits per heavy atom. The lowest BCUT2D eigenvalue weighted by atomic mass is 10.00. The molecule has 0 aromatic carbocycles. The van der Waals surface area contributed by atoms with Gasteiger partial charge in [0, 0.05) is 12.0 Å². The predicted molar refractivity (Wildman–Crippen MR) is 69.2 cm³/mol. The van der Waals surface area contributed by atoms with Crippen LogP contribution in [0.15, 0.2) is 6.07 Å². The number of rotatable bonds is 6. The molecular weight excluding hydrogens is 212 g/mol. The Morgan fingerprint density at radius 3 is 2.65 bits per heavy atom. The molecule has 0 N–H and O–H groups in total. The highest BCUT2D eigenvalue weighted by Crippen LogP contribution is 2.14. The molecule has 0 bridgehead atoms. The molecule has 0 radical (unpaired) electrons. The first kappa shape index (κ1) is 13.8. The number of Topliss-reactive ketones (excluding diaryl/α,β-unsaturated/α-hetero) is 1. The van der Waals surface area contributed by atoms with Gasteiger partial charge in [-0.05, 0) is 31.7 Å². The molecule has 94 valence electrons. The molecule has 1 aromatic heterocycles. The Hall–Kier alpha value is -1.25. The number of hydrogen-bond donors (Lipinski definition) is 0. The third kappa shape index (κ3) is 4.25. The first-order chi connectivity index (χ1) is 8.04. The highest BCUT2D eigenvalue weighted by molar-refractivity contribution is 5.97. The summed E-state index contributed by atoms with van der Waals surface area (Å²) in [7, 11) is 0. The Kier molecular flexibility index (Phi) is 5.26. The third-order valence-corrected chi connectivity index (χ3v) is 2.81. The van der Waals surface area contributed by atoms with Crippen LogP contribution in [0.5, 0.6) is 0 Å². The van der Waals surface area contributed by atoms with Gasteiger partial charge in [0.25, 0.3) is 0 Å². The molecule has 1 aromatic rings. The molecule has 0 aliphatic rings. The van der Waals surface area contributed by atoms with Gasteiger partial charge < -0.3 is 0 Å². The molecule has 3 heteroatoms. The molecule has 0 aliphatic carbocycles. The van der Waals surface area contributed by atoms with Crippen molar-refractivity contribution in [3.63, 3.8) is 0 Å². The van der Waals surface area contributed by atoms with Crippen LogP contribution in [-0.4, -0.2) is 16.0 Å². The largest absolute Gasteiger partial charge is 0.294 e. The van der Waals surface area contributed by atoms with Gasteiger partial charge in [-0.3, -0.25) is 4.79 Å². The maximum Gasteiger partial charge on any atom is 0.164 e. The average molecular weight is 234 g/mol. The second-order valence-electron chi connectivity index (χ2n) is 4.91. The van der Waals surface area contributed by atoms with Gasteiger partial charge >= 0.3 is 0 Å². The molecule has 0 spiro atoms. The fourth-order valence-corrected chi connectivity index (χ4v) is 1.82. The van der Waals surface area contributed by atoms with Crippen molar-refractivity contribution in [3.05, 3.63) is 23.0 Å². The molecular formula is C14H22N2O. The second-order valence-corrected chi connectivity index (χ2v) is 4.91. The van der Waals surface area contributed by atoms with Crippen LogP contribution in [-0.2, 0) is 6.42 Å². The molecule has 17 heavy (non-hydrogen) atoms. The van der Waals surface area contributed by atoms with E-state index in [4.69, 9.17) is 0 Å². The maximum absolute atomic E-state index is 12.1. The smallest absolute Gasteiger partial charge is 0.164 e. The fraction of sp³-hybridized carbons (Fsp3) is 0.643. The lowest BCUT2D eigenvalue weighted by molar-refractivity contribution is 0.0976. The summed E-state index contributed by atoms with van der Waals surface area (Å²) in [5.74, 6) is 0.867. The summed E-state index contributed by atoms with van der Waals surface area (Å²) in [4.78, 5) is 12.1. The van der Waals surface area contributed by atoms with Crippen molar-refractivity contribution in [2.24, 2.45) is 5.92 Å². The van der Waals surface area contributed by atoms with Crippen molar-refractivity contribution in [2.45, 2.75) is 53.4 Å². The zero-order valence-electron chi connectivity index (χ0n) is 11.3. The summed E-state index contributed by atoms with van der Waals surface area (Å²) in [5.41, 5.74) is 2.41. The van der Waals surface area contributed by atoms with Gasteiger partial charge in [-0.25, -0.2) is 0 Å². The Morgan fingerprint density at radius 2 is 2.06 bits per heavy atom. The second kappa shape index (κ2) is 6.48. The van der Waals surface area contributed by atoms with Crippen LogP contribution in [0, 0.1) is 12.8 Å². The number of aryl methyl sites for hydroxylation is 2. The first-order valence-electron chi connectivity index (χ1n) is 6.41. The lowest BCUT2D eigenvalue weighted by Gasteiger charge is -2.07. The van der Waals surface area contributed by atoms with Crippen LogP contribution in [0.2, 0.25) is 0 Å². The molecule has 0 amide bonds. The minimum absolute atomic E-state index is 0.209. The van der Waals surface area contributed by atoms with E-state index in [0.717, 1.165) is 36.2 Å². The molecule has 0 unspecified atom stereocenters. The van der Waals surface area contributed by atoms with Crippen LogP contribution in [0.3, 0.4) is 0 Å². The van der Waals surface area contributed by atoms with Crippen LogP contribution >= 0.6 is 0 Å². The Balaban J connectivity index is 2.70. The normalized spacial score (nSPS) is 10.9. The summed E-state index contributed by atoms with van der Waals surface area (Å²) in [6.45, 7) is 8.24. The van der Waals surface area contributed by atoms with Crippen molar-refractivity contribution in [2.75, 3.05) is 0 Å². The maximum atomic E-state index is 12.1. The van der Waals surface area contributed by atoms with Gasteiger partial charge in [-0.1, -0.05) is 27.2 Å². The van der Waals surface area contributed by atoms with E-state index in [2.05, 4.69) is 24.0 Å². The van der Waals surface area contributed by atoms with Crippen molar-refractivity contribution >= 4 is 5.78 Å². The van der Waals surface area contributed by atoms with E-state index in [1.165, 1.54) is 0 Å². The number of ketones is 1. The summed E-state index contributed by atoms with van der Waals surface area (Å²) < 4.78 is 0. The SMILES string of the molecule is CCc1nnc(C)cc1C(=O)CCCC(C)C. The topological polar surface area (TPSA) is 42.9 Å². The molecule has 0 fully saturated rings. The minimum atomic E-state index is 0.209. The van der Waals surface area contributed by atoms with E-state index >= 15 is 0 Å². The van der Waals surface area contributed by atoms with Crippen LogP contribution in [0.4, 0.5) is 0 Å². The number of aromatic nitrogens is 2. The minimum Gasteiger partial charge on any atom is -0.294 e. The van der Waals surface area contributed by atoms with Gasteiger partial charge in [0.05, 0.1) is 11.4 Å². The predicted octanol–water partition coefficient (Wildman–Crippen LogP) is 3.36. The van der Waals surface area contributed by atoms with Crippen molar-refractivity contribution < 1.29 is 4.79 Å². The standard InChI is InChI=1S/C14H22N2O/c1-5-13-12(9-11(4)15-16-13)14(17)8-6-7-10(2)3/h9-10H,5-8H2,1-4H3. The van der Waals surface area contributed by atoms with Gasteiger partial charge in [0.15, 0.2) is 5.78 Å². The Bertz CT molecular complexity index is 386. The lowest BCUT2D eigenvalue weighted by Crippen LogP contribution is -2.08. The molecule has 0 atom stereocenters. The van der Waals surface area contributed by atoms with E-state index in [-0.39, 0.29) is 5.78 Å². The van der Waals surface area contributed by atoms with Crippen LogP contribution in [0.1, 0.15) is 61.8 Å². The van der Waals surface area contributed by atoms with Gasteiger partial charge in [0.1, 0.15) is 0 Å². The van der Waals surface area contributed by atoms with E-state index in [1.807, 2.05) is 19.9 Å². The quantitative estimate of drug-likeness (QED) is 0.709. The zero-order valence-corrected chi connectivity index (χ0v) is 11.3. The number of hydrogen-bond acceptors (Lipinski definition) is 3. The highest BCUT2D eigenvalue weighted by atomic mass is 16.1. The van der Waals surface area contributed by atoms with Gasteiger partial charge in [-0.15, -0.1) is 0 Å².